The normalized spacial score (nSPS) is 29.3. The number of nitrogens with one attached hydrogen (secondary N) is 1. The van der Waals surface area contributed by atoms with Crippen molar-refractivity contribution in [2.75, 3.05) is 19.7 Å². The van der Waals surface area contributed by atoms with E-state index in [1.807, 2.05) is 18.2 Å². The molecule has 3 nitrogen and oxygen atoms in total. The summed E-state index contributed by atoms with van der Waals surface area (Å²) in [4.78, 5) is 0. The Labute approximate surface area is 119 Å². The van der Waals surface area contributed by atoms with Crippen LogP contribution in [0.2, 0.25) is 5.02 Å². The van der Waals surface area contributed by atoms with E-state index in [0.717, 1.165) is 43.3 Å². The molecule has 0 aromatic heterocycles. The lowest BCUT2D eigenvalue weighted by molar-refractivity contribution is 0.0194. The molecule has 0 spiro atoms. The van der Waals surface area contributed by atoms with Crippen LogP contribution in [0.5, 0.6) is 5.75 Å². The molecule has 0 saturated carbocycles. The van der Waals surface area contributed by atoms with Crippen molar-refractivity contribution in [2.24, 2.45) is 0 Å². The molecule has 2 heterocycles. The lowest BCUT2D eigenvalue weighted by atomic mass is 10.0. The fraction of sp³-hybridized carbons (Fsp3) is 0.600. The molecule has 3 rings (SSSR count). The van der Waals surface area contributed by atoms with E-state index in [2.05, 4.69) is 12.2 Å². The Morgan fingerprint density at radius 1 is 1.47 bits per heavy atom. The largest absolute Gasteiger partial charge is 0.488 e. The monoisotopic (exact) mass is 281 g/mol. The Hall–Kier alpha value is -0.770. The van der Waals surface area contributed by atoms with Crippen LogP contribution in [0.1, 0.15) is 25.3 Å². The van der Waals surface area contributed by atoms with Crippen LogP contribution in [0.4, 0.5) is 0 Å². The Morgan fingerprint density at radius 3 is 3.16 bits per heavy atom. The third kappa shape index (κ3) is 3.04. The van der Waals surface area contributed by atoms with Crippen LogP contribution in [0.15, 0.2) is 18.2 Å². The van der Waals surface area contributed by atoms with Crippen LogP contribution in [-0.2, 0) is 11.2 Å². The van der Waals surface area contributed by atoms with Gasteiger partial charge in [0.2, 0.25) is 0 Å². The first kappa shape index (κ1) is 13.2. The van der Waals surface area contributed by atoms with Gasteiger partial charge in [0.15, 0.2) is 0 Å². The first-order chi connectivity index (χ1) is 9.15. The maximum atomic E-state index is 5.99. The highest BCUT2D eigenvalue weighted by atomic mass is 35.5. The molecule has 1 aromatic rings. The van der Waals surface area contributed by atoms with Gasteiger partial charge >= 0.3 is 0 Å². The summed E-state index contributed by atoms with van der Waals surface area (Å²) < 4.78 is 11.7. The molecule has 0 amide bonds. The Morgan fingerprint density at radius 2 is 2.37 bits per heavy atom. The number of halogens is 1. The highest BCUT2D eigenvalue weighted by Gasteiger charge is 2.30. The molecule has 1 fully saturated rings. The van der Waals surface area contributed by atoms with Crippen molar-refractivity contribution in [3.63, 3.8) is 0 Å². The van der Waals surface area contributed by atoms with Crippen molar-refractivity contribution in [3.8, 4) is 5.75 Å². The van der Waals surface area contributed by atoms with Gasteiger partial charge in [-0.05, 0) is 43.5 Å². The van der Waals surface area contributed by atoms with Gasteiger partial charge in [0.25, 0.3) is 0 Å². The number of rotatable bonds is 4. The summed E-state index contributed by atoms with van der Waals surface area (Å²) in [6.07, 6.45) is 3.45. The van der Waals surface area contributed by atoms with Crippen LogP contribution in [0, 0.1) is 0 Å². The van der Waals surface area contributed by atoms with Gasteiger partial charge in [0, 0.05) is 31.1 Å². The molecule has 2 aliphatic heterocycles. The van der Waals surface area contributed by atoms with Gasteiger partial charge in [-0.25, -0.2) is 0 Å². The summed E-state index contributed by atoms with van der Waals surface area (Å²) in [5, 5.41) is 4.26. The first-order valence-corrected chi connectivity index (χ1v) is 7.32. The van der Waals surface area contributed by atoms with Gasteiger partial charge in [-0.15, -0.1) is 0 Å². The molecule has 104 valence electrons. The third-order valence-corrected chi connectivity index (χ3v) is 4.17. The minimum Gasteiger partial charge on any atom is -0.488 e. The van der Waals surface area contributed by atoms with Gasteiger partial charge in [0.1, 0.15) is 11.9 Å². The Bertz CT molecular complexity index is 457. The number of hydrogen-bond acceptors (Lipinski definition) is 3. The molecule has 2 aliphatic rings. The Kier molecular flexibility index (Phi) is 3.70. The van der Waals surface area contributed by atoms with E-state index in [-0.39, 0.29) is 11.7 Å². The molecule has 1 N–H and O–H groups in total. The maximum absolute atomic E-state index is 5.99. The fourth-order valence-corrected chi connectivity index (χ4v) is 3.07. The predicted molar refractivity (Wildman–Crippen MR) is 76.0 cm³/mol. The van der Waals surface area contributed by atoms with Crippen LogP contribution in [0.3, 0.4) is 0 Å². The highest BCUT2D eigenvalue weighted by Crippen LogP contribution is 2.31. The molecule has 2 unspecified atom stereocenters. The van der Waals surface area contributed by atoms with Gasteiger partial charge in [-0.1, -0.05) is 11.6 Å². The van der Waals surface area contributed by atoms with Crippen LogP contribution in [0.25, 0.3) is 0 Å². The van der Waals surface area contributed by atoms with Gasteiger partial charge < -0.3 is 14.8 Å². The number of fused-ring (bicyclic) bond motifs is 1. The van der Waals surface area contributed by atoms with E-state index in [4.69, 9.17) is 21.1 Å². The fourth-order valence-electron chi connectivity index (χ4n) is 2.88. The van der Waals surface area contributed by atoms with Crippen molar-refractivity contribution >= 4 is 11.6 Å². The summed E-state index contributed by atoms with van der Waals surface area (Å²) in [5.41, 5.74) is 1.22. The zero-order valence-electron chi connectivity index (χ0n) is 11.2. The van der Waals surface area contributed by atoms with E-state index in [1.54, 1.807) is 0 Å². The molecule has 19 heavy (non-hydrogen) atoms. The Balaban J connectivity index is 1.48. The SMILES string of the molecule is CC1(CNCC2Cc3cc(Cl)ccc3O2)CCCO1. The molecule has 0 radical (unpaired) electrons. The highest BCUT2D eigenvalue weighted by molar-refractivity contribution is 6.30. The molecule has 1 saturated heterocycles. The lowest BCUT2D eigenvalue weighted by Gasteiger charge is -2.24. The van der Waals surface area contributed by atoms with E-state index in [1.165, 1.54) is 12.0 Å². The second-order valence-corrected chi connectivity index (χ2v) is 6.17. The van der Waals surface area contributed by atoms with Gasteiger partial charge in [-0.2, -0.15) is 0 Å². The van der Waals surface area contributed by atoms with Gasteiger partial charge in [0.05, 0.1) is 5.60 Å². The zero-order valence-corrected chi connectivity index (χ0v) is 12.0. The van der Waals surface area contributed by atoms with Crippen molar-refractivity contribution < 1.29 is 9.47 Å². The smallest absolute Gasteiger partial charge is 0.123 e. The quantitative estimate of drug-likeness (QED) is 0.921. The third-order valence-electron chi connectivity index (χ3n) is 3.94. The number of ether oxygens (including phenoxy) is 2. The van der Waals surface area contributed by atoms with Crippen molar-refractivity contribution in [1.29, 1.82) is 0 Å². The molecule has 1 aromatic carbocycles. The minimum absolute atomic E-state index is 0.00869. The molecular weight excluding hydrogens is 262 g/mol. The summed E-state index contributed by atoms with van der Waals surface area (Å²) >= 11 is 5.99. The molecule has 0 aliphatic carbocycles. The average molecular weight is 282 g/mol. The maximum Gasteiger partial charge on any atom is 0.123 e. The molecular formula is C15H20ClNO2. The number of benzene rings is 1. The van der Waals surface area contributed by atoms with Gasteiger partial charge in [-0.3, -0.25) is 0 Å². The molecule has 2 atom stereocenters. The van der Waals surface area contributed by atoms with Crippen molar-refractivity contribution in [1.82, 2.24) is 5.32 Å². The summed E-state index contributed by atoms with van der Waals surface area (Å²) in [5.74, 6) is 0.972. The van der Waals surface area contributed by atoms with Crippen LogP contribution < -0.4 is 10.1 Å². The van der Waals surface area contributed by atoms with Crippen LogP contribution in [-0.4, -0.2) is 31.4 Å². The minimum atomic E-state index is 0.00869. The first-order valence-electron chi connectivity index (χ1n) is 6.94. The topological polar surface area (TPSA) is 30.5 Å². The summed E-state index contributed by atoms with van der Waals surface area (Å²) in [6, 6.07) is 5.83. The van der Waals surface area contributed by atoms with Crippen molar-refractivity contribution in [2.45, 2.75) is 37.9 Å². The summed E-state index contributed by atoms with van der Waals surface area (Å²) in [7, 11) is 0. The standard InChI is InChI=1S/C15H20ClNO2/c1-15(5-2-6-18-15)10-17-9-13-8-11-7-12(16)3-4-14(11)19-13/h3-4,7,13,17H,2,5-6,8-10H2,1H3. The average Bonchev–Trinajstić information content (AvgIpc) is 2.95. The van der Waals surface area contributed by atoms with Crippen molar-refractivity contribution in [3.05, 3.63) is 28.8 Å². The zero-order chi connectivity index (χ0) is 13.3. The molecule has 4 heteroatoms. The van der Waals surface area contributed by atoms with E-state index in [0.29, 0.717) is 0 Å². The number of hydrogen-bond donors (Lipinski definition) is 1. The second-order valence-electron chi connectivity index (χ2n) is 5.73. The lowest BCUT2D eigenvalue weighted by Crippen LogP contribution is -2.41. The van der Waals surface area contributed by atoms with E-state index < -0.39 is 0 Å². The summed E-state index contributed by atoms with van der Waals surface area (Å²) in [6.45, 7) is 4.81. The predicted octanol–water partition coefficient (Wildman–Crippen LogP) is 2.80. The molecule has 0 bridgehead atoms. The van der Waals surface area contributed by atoms with Crippen LogP contribution >= 0.6 is 11.6 Å². The second kappa shape index (κ2) is 5.31. The van der Waals surface area contributed by atoms with E-state index in [9.17, 15) is 0 Å². The van der Waals surface area contributed by atoms with E-state index >= 15 is 0 Å².